The summed E-state index contributed by atoms with van der Waals surface area (Å²) in [6.07, 6.45) is 3.21. The monoisotopic (exact) mass is 403 g/mol. The van der Waals surface area contributed by atoms with Gasteiger partial charge < -0.3 is 15.5 Å². The van der Waals surface area contributed by atoms with E-state index in [1.807, 2.05) is 32.0 Å². The Morgan fingerprint density at radius 1 is 1.10 bits per heavy atom. The summed E-state index contributed by atoms with van der Waals surface area (Å²) in [5, 5.41) is 6.22. The minimum atomic E-state index is -0.904. The van der Waals surface area contributed by atoms with Crippen molar-refractivity contribution in [2.24, 2.45) is 5.92 Å². The Morgan fingerprint density at radius 2 is 1.83 bits per heavy atom. The van der Waals surface area contributed by atoms with Crippen molar-refractivity contribution < 1.29 is 13.6 Å². The highest BCUT2D eigenvalue weighted by Gasteiger charge is 2.26. The van der Waals surface area contributed by atoms with Gasteiger partial charge in [-0.05, 0) is 50.3 Å². The fourth-order valence-electron chi connectivity index (χ4n) is 3.51. The molecule has 3 rings (SSSR count). The first-order chi connectivity index (χ1) is 13.8. The first-order valence-corrected chi connectivity index (χ1v) is 9.83. The normalized spacial score (nSPS) is 18.9. The van der Waals surface area contributed by atoms with Crippen molar-refractivity contribution in [1.29, 1.82) is 0 Å². The number of amides is 1. The number of aromatic nitrogens is 2. The van der Waals surface area contributed by atoms with E-state index in [1.165, 1.54) is 6.07 Å². The highest BCUT2D eigenvalue weighted by Crippen LogP contribution is 2.26. The molecule has 2 aromatic rings. The Kier molecular flexibility index (Phi) is 6.61. The fourth-order valence-corrected chi connectivity index (χ4v) is 3.51. The Labute approximate surface area is 169 Å². The SMILES string of the molecule is Cc1cc(N(C)C)nc(NC2CCC(C(=O)NCc3ccc(F)c(F)c3)CC2)n1. The molecule has 0 radical (unpaired) electrons. The van der Waals surface area contributed by atoms with Gasteiger partial charge in [0, 0.05) is 44.4 Å². The fraction of sp³-hybridized carbons (Fsp3) is 0.476. The highest BCUT2D eigenvalue weighted by atomic mass is 19.2. The van der Waals surface area contributed by atoms with Crippen molar-refractivity contribution in [3.8, 4) is 0 Å². The number of halogens is 2. The zero-order valence-electron chi connectivity index (χ0n) is 17.0. The summed E-state index contributed by atoms with van der Waals surface area (Å²) in [6.45, 7) is 2.13. The minimum absolute atomic E-state index is 0.0464. The molecule has 29 heavy (non-hydrogen) atoms. The first-order valence-electron chi connectivity index (χ1n) is 9.83. The van der Waals surface area contributed by atoms with Crippen LogP contribution >= 0.6 is 0 Å². The maximum Gasteiger partial charge on any atom is 0.225 e. The lowest BCUT2D eigenvalue weighted by atomic mass is 9.85. The van der Waals surface area contributed by atoms with E-state index >= 15 is 0 Å². The highest BCUT2D eigenvalue weighted by molar-refractivity contribution is 5.78. The van der Waals surface area contributed by atoms with Crippen LogP contribution in [0.5, 0.6) is 0 Å². The molecule has 8 heteroatoms. The Bertz CT molecular complexity index is 866. The van der Waals surface area contributed by atoms with Crippen LogP contribution in [0.25, 0.3) is 0 Å². The van der Waals surface area contributed by atoms with Crippen LogP contribution in [0.15, 0.2) is 24.3 Å². The van der Waals surface area contributed by atoms with Crippen LogP contribution in [0.3, 0.4) is 0 Å². The van der Waals surface area contributed by atoms with Gasteiger partial charge in [0.25, 0.3) is 0 Å². The molecule has 1 aromatic heterocycles. The van der Waals surface area contributed by atoms with E-state index in [4.69, 9.17) is 0 Å². The lowest BCUT2D eigenvalue weighted by Crippen LogP contribution is -2.36. The second kappa shape index (κ2) is 9.15. The van der Waals surface area contributed by atoms with Crippen LogP contribution in [-0.4, -0.2) is 36.0 Å². The molecule has 0 atom stereocenters. The molecule has 1 aliphatic carbocycles. The van der Waals surface area contributed by atoms with Crippen LogP contribution in [-0.2, 0) is 11.3 Å². The second-order valence-electron chi connectivity index (χ2n) is 7.74. The van der Waals surface area contributed by atoms with Gasteiger partial charge in [0.05, 0.1) is 0 Å². The number of benzene rings is 1. The molecule has 1 aromatic carbocycles. The summed E-state index contributed by atoms with van der Waals surface area (Å²) in [5.41, 5.74) is 1.44. The maximum atomic E-state index is 13.3. The van der Waals surface area contributed by atoms with Crippen LogP contribution in [0, 0.1) is 24.5 Å². The van der Waals surface area contributed by atoms with Gasteiger partial charge in [-0.1, -0.05) is 6.07 Å². The number of nitrogens with one attached hydrogen (secondary N) is 2. The maximum absolute atomic E-state index is 13.3. The number of carbonyl (C=O) groups excluding carboxylic acids is 1. The van der Waals surface area contributed by atoms with E-state index in [0.717, 1.165) is 49.3 Å². The zero-order chi connectivity index (χ0) is 21.0. The third-order valence-electron chi connectivity index (χ3n) is 5.18. The topological polar surface area (TPSA) is 70.2 Å². The van der Waals surface area contributed by atoms with Crippen molar-refractivity contribution in [3.05, 3.63) is 47.2 Å². The Morgan fingerprint density at radius 3 is 2.48 bits per heavy atom. The van der Waals surface area contributed by atoms with Gasteiger partial charge in [0.2, 0.25) is 11.9 Å². The van der Waals surface area contributed by atoms with Gasteiger partial charge in [-0.25, -0.2) is 13.8 Å². The number of aryl methyl sites for hydroxylation is 1. The van der Waals surface area contributed by atoms with Gasteiger partial charge >= 0.3 is 0 Å². The van der Waals surface area contributed by atoms with Gasteiger partial charge in [-0.15, -0.1) is 0 Å². The molecule has 0 spiro atoms. The van der Waals surface area contributed by atoms with Crippen molar-refractivity contribution in [2.45, 2.75) is 45.2 Å². The smallest absolute Gasteiger partial charge is 0.225 e. The predicted octanol–water partition coefficient (Wildman–Crippen LogP) is 3.42. The number of rotatable bonds is 6. The molecule has 2 N–H and O–H groups in total. The lowest BCUT2D eigenvalue weighted by molar-refractivity contribution is -0.126. The van der Waals surface area contributed by atoms with Gasteiger partial charge in [0.15, 0.2) is 11.6 Å². The molecular weight excluding hydrogens is 376 g/mol. The average molecular weight is 403 g/mol. The second-order valence-corrected chi connectivity index (χ2v) is 7.74. The molecule has 0 unspecified atom stereocenters. The van der Waals surface area contributed by atoms with Crippen LogP contribution in [0.1, 0.15) is 36.9 Å². The van der Waals surface area contributed by atoms with Gasteiger partial charge in [-0.3, -0.25) is 4.79 Å². The lowest BCUT2D eigenvalue weighted by Gasteiger charge is -2.28. The van der Waals surface area contributed by atoms with Gasteiger partial charge in [-0.2, -0.15) is 4.98 Å². The molecule has 0 bridgehead atoms. The summed E-state index contributed by atoms with van der Waals surface area (Å²) in [4.78, 5) is 23.3. The van der Waals surface area contributed by atoms with Crippen LogP contribution in [0.4, 0.5) is 20.5 Å². The third kappa shape index (κ3) is 5.62. The molecule has 1 heterocycles. The molecular formula is C21H27F2N5O. The molecule has 1 amide bonds. The average Bonchev–Trinajstić information content (AvgIpc) is 2.68. The van der Waals surface area contributed by atoms with Gasteiger partial charge in [0.1, 0.15) is 5.82 Å². The molecule has 6 nitrogen and oxygen atoms in total. The van der Waals surface area contributed by atoms with E-state index in [0.29, 0.717) is 11.5 Å². The summed E-state index contributed by atoms with van der Waals surface area (Å²) >= 11 is 0. The Hall–Kier alpha value is -2.77. The van der Waals surface area contributed by atoms with Crippen LogP contribution < -0.4 is 15.5 Å². The minimum Gasteiger partial charge on any atom is -0.363 e. The molecule has 0 aliphatic heterocycles. The van der Waals surface area contributed by atoms with E-state index < -0.39 is 11.6 Å². The molecule has 0 saturated heterocycles. The molecule has 1 aliphatic rings. The number of nitrogens with zero attached hydrogens (tertiary/aromatic N) is 3. The zero-order valence-corrected chi connectivity index (χ0v) is 17.0. The number of hydrogen-bond donors (Lipinski definition) is 2. The van der Waals surface area contributed by atoms with Crippen molar-refractivity contribution >= 4 is 17.7 Å². The summed E-state index contributed by atoms with van der Waals surface area (Å²) in [6, 6.07) is 5.81. The third-order valence-corrected chi connectivity index (χ3v) is 5.18. The van der Waals surface area contributed by atoms with Crippen molar-refractivity contribution in [1.82, 2.24) is 15.3 Å². The molecule has 1 saturated carbocycles. The molecule has 156 valence electrons. The summed E-state index contributed by atoms with van der Waals surface area (Å²) in [5.74, 6) is -0.450. The van der Waals surface area contributed by atoms with E-state index in [-0.39, 0.29) is 24.4 Å². The molecule has 1 fully saturated rings. The predicted molar refractivity (Wildman–Crippen MR) is 109 cm³/mol. The number of carbonyl (C=O) groups is 1. The van der Waals surface area contributed by atoms with E-state index in [9.17, 15) is 13.6 Å². The van der Waals surface area contributed by atoms with Crippen molar-refractivity contribution in [3.63, 3.8) is 0 Å². The first kappa shape index (κ1) is 21.0. The summed E-state index contributed by atoms with van der Waals surface area (Å²) in [7, 11) is 3.88. The van der Waals surface area contributed by atoms with Crippen molar-refractivity contribution in [2.75, 3.05) is 24.3 Å². The van der Waals surface area contributed by atoms with Crippen LogP contribution in [0.2, 0.25) is 0 Å². The van der Waals surface area contributed by atoms with E-state index in [2.05, 4.69) is 20.6 Å². The quantitative estimate of drug-likeness (QED) is 0.774. The van der Waals surface area contributed by atoms with E-state index in [1.54, 1.807) is 0 Å². The number of anilines is 2. The standard InChI is InChI=1S/C21H27F2N5O/c1-13-10-19(28(2)3)27-21(25-13)26-16-7-5-15(6-8-16)20(29)24-12-14-4-9-17(22)18(23)11-14/h4,9-11,15-16H,5-8,12H2,1-3H3,(H,24,29)(H,25,26,27). The largest absolute Gasteiger partial charge is 0.363 e. The summed E-state index contributed by atoms with van der Waals surface area (Å²) < 4.78 is 26.3. The number of hydrogen-bond acceptors (Lipinski definition) is 5. The Balaban J connectivity index is 1.48.